The minimum absolute atomic E-state index is 1.09. The number of rotatable bonds is 3. The molecule has 0 aliphatic carbocycles. The summed E-state index contributed by atoms with van der Waals surface area (Å²) in [5.41, 5.74) is 2.64. The van der Waals surface area contributed by atoms with Crippen molar-refractivity contribution in [3.05, 3.63) is 59.1 Å². The van der Waals surface area contributed by atoms with Crippen molar-refractivity contribution in [2.45, 2.75) is 20.3 Å². The monoisotopic (exact) mass is 251 g/mol. The van der Waals surface area contributed by atoms with E-state index in [0.29, 0.717) is 0 Å². The summed E-state index contributed by atoms with van der Waals surface area (Å²) in [5.74, 6) is 0. The molecule has 19 heavy (non-hydrogen) atoms. The van der Waals surface area contributed by atoms with Gasteiger partial charge in [0.05, 0.1) is 0 Å². The number of aromatic nitrogens is 1. The van der Waals surface area contributed by atoms with Crippen LogP contribution in [0.5, 0.6) is 0 Å². The van der Waals surface area contributed by atoms with Crippen molar-refractivity contribution in [2.24, 2.45) is 7.05 Å². The second-order valence-electron chi connectivity index (χ2n) is 4.81. The Morgan fingerprint density at radius 1 is 1.26 bits per heavy atom. The minimum atomic E-state index is 1.09. The molecule has 1 heterocycles. The maximum atomic E-state index is 3.82. The molecule has 0 radical (unpaired) electrons. The van der Waals surface area contributed by atoms with Crippen LogP contribution in [0.15, 0.2) is 48.6 Å². The first-order valence-electron chi connectivity index (χ1n) is 6.72. The van der Waals surface area contributed by atoms with E-state index in [4.69, 9.17) is 0 Å². The lowest BCUT2D eigenvalue weighted by molar-refractivity contribution is 0.925. The van der Waals surface area contributed by atoms with Crippen LogP contribution in [0.4, 0.5) is 0 Å². The molecule has 2 rings (SSSR count). The highest BCUT2D eigenvalue weighted by Gasteiger charge is 2.02. The van der Waals surface area contributed by atoms with Crippen LogP contribution in [0.1, 0.15) is 20.3 Å². The van der Waals surface area contributed by atoms with Gasteiger partial charge in [-0.1, -0.05) is 55.5 Å². The Morgan fingerprint density at radius 3 is 2.68 bits per heavy atom. The summed E-state index contributed by atoms with van der Waals surface area (Å²) in [7, 11) is 2.10. The number of nitrogens with zero attached hydrogens (tertiary/aromatic N) is 1. The number of allylic oxidation sites excluding steroid dienone is 3. The van der Waals surface area contributed by atoms with Crippen molar-refractivity contribution in [1.82, 2.24) is 4.57 Å². The molecule has 1 aromatic carbocycles. The molecule has 0 saturated carbocycles. The van der Waals surface area contributed by atoms with Gasteiger partial charge in [0.25, 0.3) is 0 Å². The molecule has 0 fully saturated rings. The number of fused-ring (bicyclic) bond motifs is 1. The van der Waals surface area contributed by atoms with E-state index in [2.05, 4.69) is 74.5 Å². The van der Waals surface area contributed by atoms with Gasteiger partial charge < -0.3 is 4.57 Å². The van der Waals surface area contributed by atoms with Gasteiger partial charge in [0.1, 0.15) is 0 Å². The van der Waals surface area contributed by atoms with E-state index in [1.165, 1.54) is 27.0 Å². The van der Waals surface area contributed by atoms with Crippen molar-refractivity contribution in [3.63, 3.8) is 0 Å². The third-order valence-electron chi connectivity index (χ3n) is 3.56. The van der Waals surface area contributed by atoms with Crippen molar-refractivity contribution < 1.29 is 0 Å². The highest BCUT2D eigenvalue weighted by Crippen LogP contribution is 2.07. The first kappa shape index (κ1) is 13.4. The predicted molar refractivity (Wildman–Crippen MR) is 85.3 cm³/mol. The summed E-state index contributed by atoms with van der Waals surface area (Å²) in [6.45, 7) is 8.17. The van der Waals surface area contributed by atoms with Crippen LogP contribution in [0.25, 0.3) is 23.1 Å². The quantitative estimate of drug-likeness (QED) is 0.789. The SMILES string of the molecule is C=C\C=c1/c(=C\C=C(/C)CC)c2ccccc2n1C. The van der Waals surface area contributed by atoms with Crippen LogP contribution in [0.3, 0.4) is 0 Å². The van der Waals surface area contributed by atoms with Crippen LogP contribution in [0.2, 0.25) is 0 Å². The first-order chi connectivity index (χ1) is 9.19. The number of hydrogen-bond donors (Lipinski definition) is 0. The molecular weight excluding hydrogens is 230 g/mol. The Bertz CT molecular complexity index is 742. The van der Waals surface area contributed by atoms with Gasteiger partial charge >= 0.3 is 0 Å². The van der Waals surface area contributed by atoms with Crippen LogP contribution >= 0.6 is 0 Å². The summed E-state index contributed by atoms with van der Waals surface area (Å²) in [5, 5.41) is 3.76. The fourth-order valence-corrected chi connectivity index (χ4v) is 2.27. The lowest BCUT2D eigenvalue weighted by Gasteiger charge is -1.94. The molecule has 0 atom stereocenters. The molecule has 98 valence electrons. The highest BCUT2D eigenvalue weighted by molar-refractivity contribution is 5.82. The third-order valence-corrected chi connectivity index (χ3v) is 3.56. The molecule has 0 N–H and O–H groups in total. The molecule has 1 nitrogen and oxygen atoms in total. The average Bonchev–Trinajstić information content (AvgIpc) is 2.70. The first-order valence-corrected chi connectivity index (χ1v) is 6.72. The van der Waals surface area contributed by atoms with E-state index >= 15 is 0 Å². The predicted octanol–water partition coefficient (Wildman–Crippen LogP) is 3.28. The minimum Gasteiger partial charge on any atom is -0.344 e. The maximum Gasteiger partial charge on any atom is 0.0488 e. The lowest BCUT2D eigenvalue weighted by Crippen LogP contribution is -2.27. The average molecular weight is 251 g/mol. The topological polar surface area (TPSA) is 4.93 Å². The van der Waals surface area contributed by atoms with Crippen molar-refractivity contribution >= 4 is 23.1 Å². The van der Waals surface area contributed by atoms with Gasteiger partial charge in [-0.3, -0.25) is 0 Å². The number of aryl methyl sites for hydroxylation is 1. The molecule has 1 aromatic heterocycles. The summed E-state index contributed by atoms with van der Waals surface area (Å²) in [6.07, 6.45) is 9.43. The van der Waals surface area contributed by atoms with E-state index in [9.17, 15) is 0 Å². The number of para-hydroxylation sites is 1. The van der Waals surface area contributed by atoms with E-state index < -0.39 is 0 Å². The molecule has 0 amide bonds. The van der Waals surface area contributed by atoms with Crippen molar-refractivity contribution in [1.29, 1.82) is 0 Å². The largest absolute Gasteiger partial charge is 0.344 e. The van der Waals surface area contributed by atoms with Gasteiger partial charge in [-0.25, -0.2) is 0 Å². The maximum absolute atomic E-state index is 3.82. The van der Waals surface area contributed by atoms with Crippen LogP contribution in [-0.2, 0) is 7.05 Å². The van der Waals surface area contributed by atoms with Gasteiger partial charge in [-0.05, 0) is 25.5 Å². The summed E-state index contributed by atoms with van der Waals surface area (Å²) >= 11 is 0. The molecule has 0 spiro atoms. The van der Waals surface area contributed by atoms with E-state index in [1.54, 1.807) is 0 Å². The Balaban J connectivity index is 2.89. The van der Waals surface area contributed by atoms with Gasteiger partial charge in [0.2, 0.25) is 0 Å². The van der Waals surface area contributed by atoms with Crippen molar-refractivity contribution in [2.75, 3.05) is 0 Å². The molecule has 0 unspecified atom stereocenters. The van der Waals surface area contributed by atoms with Gasteiger partial charge in [-0.2, -0.15) is 0 Å². The zero-order valence-electron chi connectivity index (χ0n) is 12.0. The number of benzene rings is 1. The van der Waals surface area contributed by atoms with Crippen LogP contribution < -0.4 is 10.6 Å². The molecule has 0 aliphatic heterocycles. The third kappa shape index (κ3) is 2.55. The molecule has 1 heteroatoms. The second kappa shape index (κ2) is 5.75. The number of hydrogen-bond acceptors (Lipinski definition) is 0. The van der Waals surface area contributed by atoms with Gasteiger partial charge in [-0.15, -0.1) is 0 Å². The van der Waals surface area contributed by atoms with Gasteiger partial charge in [0.15, 0.2) is 0 Å². The van der Waals surface area contributed by atoms with E-state index in [0.717, 1.165) is 6.42 Å². The zero-order chi connectivity index (χ0) is 13.8. The Kier molecular flexibility index (Phi) is 4.06. The zero-order valence-corrected chi connectivity index (χ0v) is 12.0. The molecular formula is C18H21N. The van der Waals surface area contributed by atoms with Crippen LogP contribution in [-0.4, -0.2) is 4.57 Å². The highest BCUT2D eigenvalue weighted by atomic mass is 14.9. The fraction of sp³-hybridized carbons (Fsp3) is 0.222. The normalized spacial score (nSPS) is 14.4. The summed E-state index contributed by atoms with van der Waals surface area (Å²) in [6, 6.07) is 8.50. The van der Waals surface area contributed by atoms with E-state index in [1.807, 2.05) is 6.08 Å². The lowest BCUT2D eigenvalue weighted by atomic mass is 10.2. The smallest absolute Gasteiger partial charge is 0.0488 e. The van der Waals surface area contributed by atoms with Crippen LogP contribution in [0, 0.1) is 0 Å². The Hall–Kier alpha value is -2.02. The Morgan fingerprint density at radius 2 is 2.00 bits per heavy atom. The molecule has 0 saturated heterocycles. The van der Waals surface area contributed by atoms with E-state index in [-0.39, 0.29) is 0 Å². The Labute approximate surface area is 114 Å². The molecule has 2 aromatic rings. The van der Waals surface area contributed by atoms with Crippen molar-refractivity contribution in [3.8, 4) is 0 Å². The molecule has 0 bridgehead atoms. The summed E-state index contributed by atoms with van der Waals surface area (Å²) < 4.78 is 2.22. The second-order valence-corrected chi connectivity index (χ2v) is 4.81. The summed E-state index contributed by atoms with van der Waals surface area (Å²) in [4.78, 5) is 0. The van der Waals surface area contributed by atoms with Gasteiger partial charge in [0, 0.05) is 28.5 Å². The standard InChI is InChI=1S/C18H21N/c1-5-9-17-16(13-12-14(3)6-2)15-10-7-8-11-18(15)19(17)4/h5,7-13H,1,6H2,2-4H3/b14-12+,16-13-,17-9+. The fourth-order valence-electron chi connectivity index (χ4n) is 2.27. The molecule has 0 aliphatic rings.